The number of hydrogen-bond donors (Lipinski definition) is 1. The van der Waals surface area contributed by atoms with Gasteiger partial charge in [0.1, 0.15) is 6.04 Å². The Morgan fingerprint density at radius 3 is 2.43 bits per heavy atom. The first kappa shape index (κ1) is 18.4. The second-order valence-electron chi connectivity index (χ2n) is 6.46. The first-order valence-corrected chi connectivity index (χ1v) is 8.58. The Balaban J connectivity index is 2.32. The minimum atomic E-state index is -0.233. The molecule has 0 heterocycles. The van der Waals surface area contributed by atoms with Crippen molar-refractivity contribution in [2.45, 2.75) is 71.9 Å². The number of nitrogens with one attached hydrogen (secondary N) is 1. The molecule has 0 bridgehead atoms. The van der Waals surface area contributed by atoms with Gasteiger partial charge in [-0.15, -0.1) is 0 Å². The lowest BCUT2D eigenvalue weighted by Gasteiger charge is -2.31. The minimum absolute atomic E-state index is 0.153. The molecule has 0 aromatic carbocycles. The third kappa shape index (κ3) is 7.28. The zero-order chi connectivity index (χ0) is 15.7. The second-order valence-corrected chi connectivity index (χ2v) is 6.46. The summed E-state index contributed by atoms with van der Waals surface area (Å²) in [6.07, 6.45) is 5.67. The molecule has 1 aliphatic carbocycles. The SMILES string of the molecule is CCCNC(CCOC1CC(C)CC(C)C1)C(=O)OCC. The summed E-state index contributed by atoms with van der Waals surface area (Å²) in [5.74, 6) is 1.34. The minimum Gasteiger partial charge on any atom is -0.465 e. The van der Waals surface area contributed by atoms with Crippen molar-refractivity contribution < 1.29 is 14.3 Å². The van der Waals surface area contributed by atoms with Gasteiger partial charge in [0.2, 0.25) is 0 Å². The molecule has 4 nitrogen and oxygen atoms in total. The van der Waals surface area contributed by atoms with E-state index in [0.717, 1.165) is 37.6 Å². The summed E-state index contributed by atoms with van der Waals surface area (Å²) in [5, 5.41) is 3.25. The first-order chi connectivity index (χ1) is 10.1. The van der Waals surface area contributed by atoms with Crippen molar-refractivity contribution in [3.05, 3.63) is 0 Å². The van der Waals surface area contributed by atoms with Gasteiger partial charge in [0.05, 0.1) is 12.7 Å². The van der Waals surface area contributed by atoms with Gasteiger partial charge in [-0.3, -0.25) is 4.79 Å². The van der Waals surface area contributed by atoms with E-state index in [1.807, 2.05) is 6.92 Å². The van der Waals surface area contributed by atoms with Crippen molar-refractivity contribution in [1.29, 1.82) is 0 Å². The molecule has 21 heavy (non-hydrogen) atoms. The molecule has 0 radical (unpaired) electrons. The number of rotatable bonds is 9. The maximum absolute atomic E-state index is 11.9. The van der Waals surface area contributed by atoms with Gasteiger partial charge < -0.3 is 14.8 Å². The van der Waals surface area contributed by atoms with Crippen LogP contribution in [0.15, 0.2) is 0 Å². The van der Waals surface area contributed by atoms with Crippen molar-refractivity contribution in [1.82, 2.24) is 5.32 Å². The number of carbonyl (C=O) groups is 1. The summed E-state index contributed by atoms with van der Waals surface area (Å²) in [7, 11) is 0. The van der Waals surface area contributed by atoms with Crippen LogP contribution in [0.5, 0.6) is 0 Å². The molecule has 0 amide bonds. The molecule has 1 fully saturated rings. The highest BCUT2D eigenvalue weighted by molar-refractivity contribution is 5.75. The Labute approximate surface area is 130 Å². The van der Waals surface area contributed by atoms with Crippen molar-refractivity contribution in [2.24, 2.45) is 11.8 Å². The normalized spacial score (nSPS) is 27.3. The topological polar surface area (TPSA) is 47.6 Å². The summed E-state index contributed by atoms with van der Waals surface area (Å²) in [6, 6.07) is -0.233. The molecule has 0 aromatic heterocycles. The van der Waals surface area contributed by atoms with Gasteiger partial charge in [0.15, 0.2) is 0 Å². The molecule has 0 saturated heterocycles. The lowest BCUT2D eigenvalue weighted by Crippen LogP contribution is -2.40. The maximum Gasteiger partial charge on any atom is 0.323 e. The Morgan fingerprint density at radius 1 is 1.19 bits per heavy atom. The molecule has 0 aromatic rings. The highest BCUT2D eigenvalue weighted by atomic mass is 16.5. The molecule has 1 rings (SSSR count). The zero-order valence-corrected chi connectivity index (χ0v) is 14.2. The molecule has 1 saturated carbocycles. The van der Waals surface area contributed by atoms with E-state index in [9.17, 15) is 4.79 Å². The van der Waals surface area contributed by atoms with Crippen LogP contribution in [-0.2, 0) is 14.3 Å². The highest BCUT2D eigenvalue weighted by Crippen LogP contribution is 2.30. The molecule has 3 unspecified atom stereocenters. The standard InChI is InChI=1S/C17H33NO3/c1-5-8-18-16(17(19)20-6-2)7-9-21-15-11-13(3)10-14(4)12-15/h13-16,18H,5-12H2,1-4H3. The predicted octanol–water partition coefficient (Wildman–Crippen LogP) is 3.15. The molecule has 4 heteroatoms. The van der Waals surface area contributed by atoms with E-state index in [1.54, 1.807) is 0 Å². The van der Waals surface area contributed by atoms with E-state index in [4.69, 9.17) is 9.47 Å². The van der Waals surface area contributed by atoms with Crippen molar-refractivity contribution in [3.8, 4) is 0 Å². The summed E-state index contributed by atoms with van der Waals surface area (Å²) >= 11 is 0. The number of esters is 1. The van der Waals surface area contributed by atoms with Gasteiger partial charge in [0.25, 0.3) is 0 Å². The number of carbonyl (C=O) groups excluding carboxylic acids is 1. The van der Waals surface area contributed by atoms with E-state index in [0.29, 0.717) is 25.7 Å². The van der Waals surface area contributed by atoms with Gasteiger partial charge in [-0.2, -0.15) is 0 Å². The van der Waals surface area contributed by atoms with Crippen LogP contribution in [0.25, 0.3) is 0 Å². The number of ether oxygens (including phenoxy) is 2. The second kappa shape index (κ2) is 10.2. The molecule has 1 N–H and O–H groups in total. The lowest BCUT2D eigenvalue weighted by molar-refractivity contribution is -0.146. The maximum atomic E-state index is 11.9. The predicted molar refractivity (Wildman–Crippen MR) is 85.3 cm³/mol. The third-order valence-corrected chi connectivity index (χ3v) is 4.11. The summed E-state index contributed by atoms with van der Waals surface area (Å²) in [6.45, 7) is 10.4. The monoisotopic (exact) mass is 299 g/mol. The molecule has 1 aliphatic rings. The summed E-state index contributed by atoms with van der Waals surface area (Å²) in [4.78, 5) is 11.9. The lowest BCUT2D eigenvalue weighted by atomic mass is 9.82. The molecule has 124 valence electrons. The molecular formula is C17H33NO3. The molecular weight excluding hydrogens is 266 g/mol. The smallest absolute Gasteiger partial charge is 0.323 e. The van der Waals surface area contributed by atoms with Gasteiger partial charge in [-0.1, -0.05) is 20.8 Å². The zero-order valence-electron chi connectivity index (χ0n) is 14.2. The van der Waals surface area contributed by atoms with E-state index < -0.39 is 0 Å². The summed E-state index contributed by atoms with van der Waals surface area (Å²) in [5.41, 5.74) is 0. The van der Waals surface area contributed by atoms with Crippen LogP contribution in [-0.4, -0.2) is 37.9 Å². The first-order valence-electron chi connectivity index (χ1n) is 8.58. The van der Waals surface area contributed by atoms with Crippen LogP contribution in [0.1, 0.15) is 59.8 Å². The van der Waals surface area contributed by atoms with Gasteiger partial charge in [-0.05, 0) is 57.4 Å². The van der Waals surface area contributed by atoms with E-state index in [2.05, 4.69) is 26.1 Å². The van der Waals surface area contributed by atoms with Gasteiger partial charge >= 0.3 is 5.97 Å². The highest BCUT2D eigenvalue weighted by Gasteiger charge is 2.25. The molecule has 0 aliphatic heterocycles. The van der Waals surface area contributed by atoms with Crippen LogP contribution in [0.3, 0.4) is 0 Å². The third-order valence-electron chi connectivity index (χ3n) is 4.11. The van der Waals surface area contributed by atoms with Crippen LogP contribution < -0.4 is 5.32 Å². The Hall–Kier alpha value is -0.610. The summed E-state index contributed by atoms with van der Waals surface area (Å²) < 4.78 is 11.1. The van der Waals surface area contributed by atoms with Crippen LogP contribution >= 0.6 is 0 Å². The van der Waals surface area contributed by atoms with Gasteiger partial charge in [-0.25, -0.2) is 0 Å². The van der Waals surface area contributed by atoms with Gasteiger partial charge in [0, 0.05) is 6.61 Å². The van der Waals surface area contributed by atoms with E-state index >= 15 is 0 Å². The Bertz CT molecular complexity index is 286. The number of hydrogen-bond acceptors (Lipinski definition) is 4. The fraction of sp³-hybridized carbons (Fsp3) is 0.941. The van der Waals surface area contributed by atoms with E-state index in [-0.39, 0.29) is 12.0 Å². The van der Waals surface area contributed by atoms with Crippen LogP contribution in [0, 0.1) is 11.8 Å². The Morgan fingerprint density at radius 2 is 1.86 bits per heavy atom. The fourth-order valence-electron chi connectivity index (χ4n) is 3.23. The average Bonchev–Trinajstić information content (AvgIpc) is 2.41. The van der Waals surface area contributed by atoms with Crippen LogP contribution in [0.4, 0.5) is 0 Å². The molecule has 0 spiro atoms. The quantitative estimate of drug-likeness (QED) is 0.664. The van der Waals surface area contributed by atoms with Crippen molar-refractivity contribution >= 4 is 5.97 Å². The van der Waals surface area contributed by atoms with Crippen LogP contribution in [0.2, 0.25) is 0 Å². The van der Waals surface area contributed by atoms with Crippen molar-refractivity contribution in [3.63, 3.8) is 0 Å². The largest absolute Gasteiger partial charge is 0.465 e. The Kier molecular flexibility index (Phi) is 8.93. The van der Waals surface area contributed by atoms with E-state index in [1.165, 1.54) is 6.42 Å². The van der Waals surface area contributed by atoms with Crippen molar-refractivity contribution in [2.75, 3.05) is 19.8 Å². The molecule has 3 atom stereocenters. The fourth-order valence-corrected chi connectivity index (χ4v) is 3.23. The average molecular weight is 299 g/mol.